The van der Waals surface area contributed by atoms with Crippen molar-refractivity contribution in [3.05, 3.63) is 28.7 Å². The number of carbonyl (C=O) groups is 1. The monoisotopic (exact) mass is 348 g/mol. The van der Waals surface area contributed by atoms with Gasteiger partial charge in [-0.15, -0.1) is 5.10 Å². The third kappa shape index (κ3) is 3.71. The third-order valence-corrected chi connectivity index (χ3v) is 4.70. The minimum atomic E-state index is -1.05. The van der Waals surface area contributed by atoms with E-state index in [0.29, 0.717) is 29.9 Å². The Balaban J connectivity index is 1.92. The molecule has 0 atom stereocenters. The number of quaternary nitrogens is 1. The molecule has 1 aromatic carbocycles. The standard InChI is InChI=1S/C16H21N5O4/c1-25-12-5-6-13-14(11-12)20(15(22)18-17-13)7-10-21(19-16(23)24)8-3-2-4-9-21/h5-6,11,19H,2-4,7-10H2,1H3/p+1. The number of hydrogen-bond acceptors (Lipinski definition) is 5. The molecule has 25 heavy (non-hydrogen) atoms. The number of amides is 1. The molecule has 1 aliphatic rings. The molecule has 9 nitrogen and oxygen atoms in total. The number of rotatable bonds is 5. The summed E-state index contributed by atoms with van der Waals surface area (Å²) in [6.07, 6.45) is 1.96. The predicted octanol–water partition coefficient (Wildman–Crippen LogP) is 0.983. The van der Waals surface area contributed by atoms with Gasteiger partial charge in [-0.25, -0.2) is 14.2 Å². The topological polar surface area (TPSA) is 106 Å². The second-order valence-electron chi connectivity index (χ2n) is 6.28. The van der Waals surface area contributed by atoms with Gasteiger partial charge in [0.25, 0.3) is 0 Å². The fourth-order valence-electron chi connectivity index (χ4n) is 3.40. The summed E-state index contributed by atoms with van der Waals surface area (Å²) in [6, 6.07) is 5.25. The van der Waals surface area contributed by atoms with Gasteiger partial charge in [-0.05, 0) is 31.4 Å². The lowest BCUT2D eigenvalue weighted by molar-refractivity contribution is -0.966. The summed E-state index contributed by atoms with van der Waals surface area (Å²) in [4.78, 5) is 23.4. The average Bonchev–Trinajstić information content (AvgIpc) is 2.60. The zero-order valence-corrected chi connectivity index (χ0v) is 14.1. The van der Waals surface area contributed by atoms with Crippen LogP contribution in [0.1, 0.15) is 19.3 Å². The van der Waals surface area contributed by atoms with E-state index in [1.165, 1.54) is 4.57 Å². The van der Waals surface area contributed by atoms with Crippen molar-refractivity contribution in [2.24, 2.45) is 0 Å². The van der Waals surface area contributed by atoms with Gasteiger partial charge in [0.1, 0.15) is 30.9 Å². The second-order valence-corrected chi connectivity index (χ2v) is 6.28. The average molecular weight is 348 g/mol. The molecule has 2 aromatic rings. The second kappa shape index (κ2) is 7.06. The van der Waals surface area contributed by atoms with Gasteiger partial charge in [0, 0.05) is 6.07 Å². The maximum absolute atomic E-state index is 12.2. The van der Waals surface area contributed by atoms with Gasteiger partial charge >= 0.3 is 11.8 Å². The van der Waals surface area contributed by atoms with Crippen LogP contribution in [0.15, 0.2) is 23.0 Å². The van der Waals surface area contributed by atoms with Crippen molar-refractivity contribution < 1.29 is 19.2 Å². The summed E-state index contributed by atoms with van der Waals surface area (Å²) in [5, 5.41) is 16.8. The van der Waals surface area contributed by atoms with Crippen LogP contribution in [0.3, 0.4) is 0 Å². The Morgan fingerprint density at radius 1 is 1.32 bits per heavy atom. The fourth-order valence-corrected chi connectivity index (χ4v) is 3.40. The van der Waals surface area contributed by atoms with Crippen LogP contribution in [-0.4, -0.2) is 57.3 Å². The number of piperidine rings is 1. The Labute approximate surface area is 144 Å². The smallest absolute Gasteiger partial charge is 0.449 e. The highest BCUT2D eigenvalue weighted by Gasteiger charge is 2.32. The minimum Gasteiger partial charge on any atom is -0.497 e. The van der Waals surface area contributed by atoms with E-state index >= 15 is 0 Å². The molecule has 0 radical (unpaired) electrons. The SMILES string of the molecule is COc1ccc2nnc(=O)n(CC[N+]3(NC(=O)O)CCCCC3)c2c1. The Morgan fingerprint density at radius 2 is 2.08 bits per heavy atom. The van der Waals surface area contributed by atoms with Crippen molar-refractivity contribution in [2.45, 2.75) is 25.8 Å². The number of benzene rings is 1. The molecule has 0 aliphatic carbocycles. The molecule has 0 unspecified atom stereocenters. The first kappa shape index (κ1) is 17.2. The van der Waals surface area contributed by atoms with Crippen LogP contribution < -0.4 is 15.9 Å². The van der Waals surface area contributed by atoms with E-state index in [2.05, 4.69) is 15.6 Å². The molecule has 134 valence electrons. The number of ether oxygens (including phenoxy) is 1. The normalized spacial score (nSPS) is 16.5. The zero-order valence-electron chi connectivity index (χ0n) is 14.1. The van der Waals surface area contributed by atoms with E-state index in [4.69, 9.17) is 4.74 Å². The van der Waals surface area contributed by atoms with E-state index < -0.39 is 11.8 Å². The molecular formula is C16H22N5O4+. The molecule has 2 heterocycles. The van der Waals surface area contributed by atoms with Gasteiger partial charge in [0.2, 0.25) is 0 Å². The maximum Gasteiger partial charge on any atom is 0.449 e. The molecule has 0 bridgehead atoms. The molecule has 1 aliphatic heterocycles. The van der Waals surface area contributed by atoms with Gasteiger partial charge in [-0.1, -0.05) is 5.10 Å². The molecule has 1 amide bonds. The summed E-state index contributed by atoms with van der Waals surface area (Å²) in [6.45, 7) is 2.27. The molecule has 0 spiro atoms. The number of hydrogen-bond donors (Lipinski definition) is 2. The van der Waals surface area contributed by atoms with E-state index in [9.17, 15) is 14.7 Å². The first-order chi connectivity index (χ1) is 12.0. The van der Waals surface area contributed by atoms with E-state index in [1.807, 2.05) is 0 Å². The first-order valence-electron chi connectivity index (χ1n) is 8.32. The van der Waals surface area contributed by atoms with Crippen LogP contribution >= 0.6 is 0 Å². The largest absolute Gasteiger partial charge is 0.497 e. The predicted molar refractivity (Wildman–Crippen MR) is 90.2 cm³/mol. The van der Waals surface area contributed by atoms with Crippen molar-refractivity contribution in [1.82, 2.24) is 20.2 Å². The summed E-state index contributed by atoms with van der Waals surface area (Å²) in [5.41, 5.74) is 3.40. The summed E-state index contributed by atoms with van der Waals surface area (Å²) < 4.78 is 7.02. The van der Waals surface area contributed by atoms with Crippen LogP contribution in [0, 0.1) is 0 Å². The van der Waals surface area contributed by atoms with Crippen LogP contribution in [0.4, 0.5) is 4.79 Å². The van der Waals surface area contributed by atoms with E-state index in [1.54, 1.807) is 25.3 Å². The number of carboxylic acid groups (broad SMARTS) is 1. The zero-order chi connectivity index (χ0) is 17.9. The number of methoxy groups -OCH3 is 1. The lowest BCUT2D eigenvalue weighted by Gasteiger charge is -2.39. The number of aromatic nitrogens is 3. The van der Waals surface area contributed by atoms with Crippen molar-refractivity contribution in [3.8, 4) is 5.75 Å². The Hall–Kier alpha value is -2.68. The van der Waals surface area contributed by atoms with Crippen LogP contribution in [0.25, 0.3) is 11.0 Å². The van der Waals surface area contributed by atoms with Crippen molar-refractivity contribution >= 4 is 17.1 Å². The summed E-state index contributed by atoms with van der Waals surface area (Å²) in [7, 11) is 1.56. The minimum absolute atomic E-state index is 0.259. The molecule has 2 N–H and O–H groups in total. The van der Waals surface area contributed by atoms with Crippen LogP contribution in [-0.2, 0) is 6.54 Å². The van der Waals surface area contributed by atoms with Gasteiger partial charge in [-0.3, -0.25) is 4.57 Å². The third-order valence-electron chi connectivity index (χ3n) is 4.70. The van der Waals surface area contributed by atoms with Crippen molar-refractivity contribution in [3.63, 3.8) is 0 Å². The summed E-state index contributed by atoms with van der Waals surface area (Å²) >= 11 is 0. The molecule has 0 saturated carbocycles. The van der Waals surface area contributed by atoms with Crippen LogP contribution in [0.2, 0.25) is 0 Å². The number of nitrogens with zero attached hydrogens (tertiary/aromatic N) is 4. The maximum atomic E-state index is 12.2. The van der Waals surface area contributed by atoms with Gasteiger partial charge < -0.3 is 9.84 Å². The lowest BCUT2D eigenvalue weighted by atomic mass is 10.1. The van der Waals surface area contributed by atoms with Crippen molar-refractivity contribution in [1.29, 1.82) is 0 Å². The van der Waals surface area contributed by atoms with Gasteiger partial charge in [-0.2, -0.15) is 5.43 Å². The van der Waals surface area contributed by atoms with Gasteiger partial charge in [0.05, 0.1) is 19.2 Å². The Kier molecular flexibility index (Phi) is 4.84. The first-order valence-corrected chi connectivity index (χ1v) is 8.32. The molecule has 1 saturated heterocycles. The molecular weight excluding hydrogens is 326 g/mol. The van der Waals surface area contributed by atoms with E-state index in [0.717, 1.165) is 32.4 Å². The Morgan fingerprint density at radius 3 is 2.76 bits per heavy atom. The van der Waals surface area contributed by atoms with Crippen LogP contribution in [0.5, 0.6) is 5.75 Å². The number of nitrogens with one attached hydrogen (secondary N) is 1. The molecule has 3 rings (SSSR count). The highest BCUT2D eigenvalue weighted by molar-refractivity contribution is 5.75. The summed E-state index contributed by atoms with van der Waals surface area (Å²) in [5.74, 6) is 0.624. The fraction of sp³-hybridized carbons (Fsp3) is 0.500. The molecule has 9 heteroatoms. The highest BCUT2D eigenvalue weighted by Crippen LogP contribution is 2.19. The Bertz CT molecular complexity index is 829. The molecule has 1 fully saturated rings. The van der Waals surface area contributed by atoms with Gasteiger partial charge in [0.15, 0.2) is 0 Å². The highest BCUT2D eigenvalue weighted by atomic mass is 16.5. The number of fused-ring (bicyclic) bond motifs is 1. The quantitative estimate of drug-likeness (QED) is 0.780. The molecule has 1 aromatic heterocycles. The van der Waals surface area contributed by atoms with E-state index in [-0.39, 0.29) is 4.59 Å². The van der Waals surface area contributed by atoms with Crippen molar-refractivity contribution in [2.75, 3.05) is 26.7 Å². The number of likely N-dealkylation sites (tertiary alicyclic amines) is 1. The lowest BCUT2D eigenvalue weighted by Crippen LogP contribution is -2.63.